The largest absolute Gasteiger partial charge is 0.496 e. The number of para-hydroxylation sites is 1. The summed E-state index contributed by atoms with van der Waals surface area (Å²) in [7, 11) is -15.1. The minimum atomic E-state index is -5.61. The fraction of sp³-hybridized carbons (Fsp3) is 0.531. The number of amides is 2. The Morgan fingerprint density at radius 1 is 1.02 bits per heavy atom. The van der Waals surface area contributed by atoms with Gasteiger partial charge in [0.05, 0.1) is 32.2 Å². The molecular weight excluding hydrogens is 927 g/mol. The van der Waals surface area contributed by atoms with Gasteiger partial charge in [0.15, 0.2) is 23.5 Å². The van der Waals surface area contributed by atoms with Crippen molar-refractivity contribution in [3.63, 3.8) is 0 Å². The van der Waals surface area contributed by atoms with Crippen molar-refractivity contribution in [2.75, 3.05) is 44.9 Å². The van der Waals surface area contributed by atoms with E-state index in [1.807, 2.05) is 0 Å². The molecule has 1 aliphatic heterocycles. The molecule has 1 aromatic carbocycles. The summed E-state index contributed by atoms with van der Waals surface area (Å²) >= 11 is 0.938. The number of aliphatic carboxylic acids is 1. The van der Waals surface area contributed by atoms with Crippen LogP contribution in [0.1, 0.15) is 43.3 Å². The number of aliphatic hydroxyl groups excluding tert-OH is 2. The monoisotopic (exact) mass is 973 g/mol. The molecule has 31 heteroatoms. The number of phosphoric ester groups is 3. The number of anilines is 1. The number of rotatable bonds is 25. The number of thioether (sulfide) groups is 1. The number of hydrogen-bond acceptors (Lipinski definition) is 20. The summed E-state index contributed by atoms with van der Waals surface area (Å²) in [5.41, 5.74) is 4.41. The molecule has 27 nitrogen and oxygen atoms in total. The van der Waals surface area contributed by atoms with Crippen LogP contribution in [-0.4, -0.2) is 147 Å². The van der Waals surface area contributed by atoms with E-state index in [-0.39, 0.29) is 54.2 Å². The standard InChI is InChI=1S/C32H46N7O20P3S/c1-32(2,26(43)29(44)35-9-8-22(41)34-10-11-63-21(31(45)46)12-18(40)17-6-4-5-7-19(17)54-3)14-56-62(52,53)59-61(50,51)55-13-20-25(58-60(47,48)49)24(42)30(57-20)39-16-38-23-27(33)36-15-37-28(23)39/h4-7,15-16,20-21,24-26,30,42-43H,8-14H2,1-3H3,(H,34,41)(H,35,44)(H,45,46)(H,50,51)(H,52,53)(H2,33,36,37)(H2,47,48,49)/t20-,21?,24-,25-,26+,30-/m1/s1. The molecule has 8 atom stereocenters. The number of nitrogen functional groups attached to an aromatic ring is 1. The van der Waals surface area contributed by atoms with Crippen molar-refractivity contribution in [2.45, 2.75) is 62.6 Å². The summed E-state index contributed by atoms with van der Waals surface area (Å²) in [5, 5.41) is 34.8. The van der Waals surface area contributed by atoms with Crippen LogP contribution in [0.3, 0.4) is 0 Å². The lowest BCUT2D eigenvalue weighted by atomic mass is 9.87. The Kier molecular flexibility index (Phi) is 17.9. The van der Waals surface area contributed by atoms with Crippen LogP contribution in [0.2, 0.25) is 0 Å². The molecule has 0 radical (unpaired) electrons. The number of ketones is 1. The number of ether oxygens (including phenoxy) is 2. The van der Waals surface area contributed by atoms with Gasteiger partial charge in [-0.3, -0.25) is 37.3 Å². The highest BCUT2D eigenvalue weighted by molar-refractivity contribution is 8.00. The minimum Gasteiger partial charge on any atom is -0.496 e. The van der Waals surface area contributed by atoms with E-state index in [0.29, 0.717) is 5.75 Å². The molecule has 350 valence electrons. The van der Waals surface area contributed by atoms with Crippen LogP contribution in [0, 0.1) is 5.41 Å². The Balaban J connectivity index is 1.21. The third-order valence-corrected chi connectivity index (χ3v) is 13.2. The lowest BCUT2D eigenvalue weighted by Crippen LogP contribution is -2.46. The van der Waals surface area contributed by atoms with Crippen molar-refractivity contribution in [2.24, 2.45) is 5.41 Å². The van der Waals surface area contributed by atoms with E-state index in [0.717, 1.165) is 29.0 Å². The number of nitrogens with two attached hydrogens (primary N) is 1. The first kappa shape index (κ1) is 51.7. The van der Waals surface area contributed by atoms with Crippen LogP contribution >= 0.6 is 35.2 Å². The number of Topliss-reactive ketones (excluding diaryl/α,β-unsaturated/α-hetero) is 1. The van der Waals surface area contributed by atoms with Gasteiger partial charge in [0, 0.05) is 37.1 Å². The van der Waals surface area contributed by atoms with Crippen LogP contribution in [0.15, 0.2) is 36.9 Å². The highest BCUT2D eigenvalue weighted by Gasteiger charge is 2.50. The van der Waals surface area contributed by atoms with Gasteiger partial charge in [0.25, 0.3) is 0 Å². The van der Waals surface area contributed by atoms with E-state index >= 15 is 0 Å². The van der Waals surface area contributed by atoms with Crippen LogP contribution < -0.4 is 21.1 Å². The average Bonchev–Trinajstić information content (AvgIpc) is 3.76. The Hall–Kier alpha value is -3.95. The predicted molar refractivity (Wildman–Crippen MR) is 215 cm³/mol. The smallest absolute Gasteiger partial charge is 0.481 e. The van der Waals surface area contributed by atoms with Crippen molar-refractivity contribution in [3.8, 4) is 5.75 Å². The van der Waals surface area contributed by atoms with Gasteiger partial charge in [-0.25, -0.2) is 28.6 Å². The van der Waals surface area contributed by atoms with Crippen LogP contribution in [-0.2, 0) is 50.7 Å². The third-order valence-electron chi connectivity index (χ3n) is 8.87. The average molecular weight is 974 g/mol. The molecule has 63 heavy (non-hydrogen) atoms. The molecule has 3 unspecified atom stereocenters. The van der Waals surface area contributed by atoms with Crippen molar-refractivity contribution >= 4 is 75.8 Å². The number of carboxylic acid groups (broad SMARTS) is 1. The van der Waals surface area contributed by atoms with E-state index < -0.39 is 102 Å². The van der Waals surface area contributed by atoms with Crippen molar-refractivity contribution in [3.05, 3.63) is 42.5 Å². The van der Waals surface area contributed by atoms with E-state index in [9.17, 15) is 67.8 Å². The second kappa shape index (κ2) is 21.8. The summed E-state index contributed by atoms with van der Waals surface area (Å²) in [4.78, 5) is 100. The van der Waals surface area contributed by atoms with Gasteiger partial charge in [0.2, 0.25) is 11.8 Å². The normalized spacial score (nSPS) is 20.9. The highest BCUT2D eigenvalue weighted by atomic mass is 32.2. The van der Waals surface area contributed by atoms with Gasteiger partial charge in [-0.1, -0.05) is 26.0 Å². The number of aliphatic hydroxyl groups is 2. The SMILES string of the molecule is COc1ccccc1C(=O)CC(SCCNC(=O)CCNC(=O)[C@H](O)C(C)(C)COP(=O)(O)OP(=O)(O)OC[C@H]1O[C@@H](n2cnc3c(N)ncnc32)[C@H](O)[C@@H]1OP(=O)(O)O)C(=O)O. The Morgan fingerprint density at radius 3 is 2.37 bits per heavy atom. The fourth-order valence-electron chi connectivity index (χ4n) is 5.70. The molecule has 0 saturated carbocycles. The molecule has 1 fully saturated rings. The first-order valence-corrected chi connectivity index (χ1v) is 23.8. The zero-order valence-electron chi connectivity index (χ0n) is 33.4. The zero-order chi connectivity index (χ0) is 46.9. The number of nitrogens with one attached hydrogen (secondary N) is 2. The first-order valence-electron chi connectivity index (χ1n) is 18.2. The number of carbonyl (C=O) groups excluding carboxylic acids is 3. The third kappa shape index (κ3) is 14.8. The molecule has 11 N–H and O–H groups in total. The van der Waals surface area contributed by atoms with Gasteiger partial charge in [-0.15, -0.1) is 11.8 Å². The molecule has 0 bridgehead atoms. The summed E-state index contributed by atoms with van der Waals surface area (Å²) in [6.45, 7) is 0.0837. The molecule has 1 saturated heterocycles. The van der Waals surface area contributed by atoms with Crippen LogP contribution in [0.4, 0.5) is 5.82 Å². The molecule has 3 heterocycles. The predicted octanol–water partition coefficient (Wildman–Crippen LogP) is -0.127. The minimum absolute atomic E-state index is 0.0151. The zero-order valence-corrected chi connectivity index (χ0v) is 36.9. The molecule has 0 aliphatic carbocycles. The Labute approximate surface area is 361 Å². The van der Waals surface area contributed by atoms with Crippen molar-refractivity contribution in [1.82, 2.24) is 30.2 Å². The number of phosphoric acid groups is 3. The number of hydrogen-bond donors (Lipinski definition) is 10. The van der Waals surface area contributed by atoms with Crippen LogP contribution in [0.25, 0.3) is 11.2 Å². The Bertz CT molecular complexity index is 2260. The second-order valence-corrected chi connectivity index (χ2v) is 19.6. The number of carboxylic acids is 1. The van der Waals surface area contributed by atoms with Gasteiger partial charge in [0.1, 0.15) is 47.3 Å². The number of benzene rings is 1. The fourth-order valence-corrected chi connectivity index (χ4v) is 9.45. The lowest BCUT2D eigenvalue weighted by molar-refractivity contribution is -0.137. The molecule has 1 aliphatic rings. The molecule has 4 rings (SSSR count). The van der Waals surface area contributed by atoms with Gasteiger partial charge < -0.3 is 60.7 Å². The number of nitrogens with zero attached hydrogens (tertiary/aromatic N) is 4. The maximum atomic E-state index is 12.7. The second-order valence-electron chi connectivity index (χ2n) is 14.1. The maximum Gasteiger partial charge on any atom is 0.481 e. The number of imidazole rings is 1. The van der Waals surface area contributed by atoms with Gasteiger partial charge in [-0.2, -0.15) is 4.31 Å². The van der Waals surface area contributed by atoms with E-state index in [2.05, 4.69) is 34.4 Å². The number of methoxy groups -OCH3 is 1. The van der Waals surface area contributed by atoms with Crippen molar-refractivity contribution in [1.29, 1.82) is 0 Å². The van der Waals surface area contributed by atoms with E-state index in [4.69, 9.17) is 24.3 Å². The Morgan fingerprint density at radius 2 is 1.70 bits per heavy atom. The molecule has 3 aromatic rings. The molecule has 2 aromatic heterocycles. The summed E-state index contributed by atoms with van der Waals surface area (Å²) in [5.74, 6) is -2.87. The number of carbonyl (C=O) groups is 4. The molecule has 2 amide bonds. The van der Waals surface area contributed by atoms with E-state index in [1.54, 1.807) is 18.2 Å². The van der Waals surface area contributed by atoms with E-state index in [1.165, 1.54) is 27.0 Å². The van der Waals surface area contributed by atoms with Crippen LogP contribution in [0.5, 0.6) is 5.75 Å². The summed E-state index contributed by atoms with van der Waals surface area (Å²) in [6.07, 6.45) is -7.52. The summed E-state index contributed by atoms with van der Waals surface area (Å²) in [6, 6.07) is 6.37. The topological polar surface area (TPSA) is 410 Å². The first-order chi connectivity index (χ1) is 29.3. The van der Waals surface area contributed by atoms with Crippen molar-refractivity contribution < 1.29 is 95.1 Å². The maximum absolute atomic E-state index is 12.7. The van der Waals surface area contributed by atoms with Gasteiger partial charge in [-0.05, 0) is 12.1 Å². The molecular formula is C32H46N7O20P3S. The number of fused-ring (bicyclic) bond motifs is 1. The quantitative estimate of drug-likeness (QED) is 0.0300. The molecule has 0 spiro atoms. The highest BCUT2D eigenvalue weighted by Crippen LogP contribution is 2.61. The summed E-state index contributed by atoms with van der Waals surface area (Å²) < 4.78 is 67.4. The van der Waals surface area contributed by atoms with Gasteiger partial charge >= 0.3 is 29.4 Å². The lowest BCUT2D eigenvalue weighted by Gasteiger charge is -2.30. The number of aromatic nitrogens is 4.